The summed E-state index contributed by atoms with van der Waals surface area (Å²) in [5.41, 5.74) is 3.09. The summed E-state index contributed by atoms with van der Waals surface area (Å²) < 4.78 is 31.0. The summed E-state index contributed by atoms with van der Waals surface area (Å²) in [4.78, 5) is 12.5. The minimum Gasteiger partial charge on any atom is -0.434 e. The van der Waals surface area contributed by atoms with E-state index in [2.05, 4.69) is 20.4 Å². The van der Waals surface area contributed by atoms with E-state index >= 15 is 0 Å². The largest absolute Gasteiger partial charge is 0.434 e. The van der Waals surface area contributed by atoms with E-state index in [-0.39, 0.29) is 18.0 Å². The average molecular weight is 372 g/mol. The fourth-order valence-corrected chi connectivity index (χ4v) is 2.59. The SMILES string of the molecule is Cc1ccc(-n2nnc(C(=O)NCc3ccccc3OC(F)F)c2C)cc1. The minimum absolute atomic E-state index is 0.0211. The van der Waals surface area contributed by atoms with Crippen LogP contribution in [0.1, 0.15) is 27.3 Å². The molecule has 0 fully saturated rings. The summed E-state index contributed by atoms with van der Waals surface area (Å²) in [5, 5.41) is 10.6. The smallest absolute Gasteiger partial charge is 0.387 e. The Morgan fingerprint density at radius 1 is 1.15 bits per heavy atom. The number of para-hydroxylation sites is 1. The number of carbonyl (C=O) groups excluding carboxylic acids is 1. The summed E-state index contributed by atoms with van der Waals surface area (Å²) in [6.45, 7) is 0.812. The third-order valence-electron chi connectivity index (χ3n) is 4.02. The second kappa shape index (κ2) is 7.94. The Morgan fingerprint density at radius 3 is 2.56 bits per heavy atom. The Balaban J connectivity index is 1.74. The molecule has 0 radical (unpaired) electrons. The van der Waals surface area contributed by atoms with Crippen LogP contribution < -0.4 is 10.1 Å². The Morgan fingerprint density at radius 2 is 1.85 bits per heavy atom. The molecule has 3 aromatic rings. The van der Waals surface area contributed by atoms with Crippen molar-refractivity contribution in [3.8, 4) is 11.4 Å². The van der Waals surface area contributed by atoms with Crippen LogP contribution in [0.4, 0.5) is 8.78 Å². The zero-order valence-corrected chi connectivity index (χ0v) is 14.8. The van der Waals surface area contributed by atoms with E-state index in [4.69, 9.17) is 0 Å². The van der Waals surface area contributed by atoms with Crippen molar-refractivity contribution in [3.63, 3.8) is 0 Å². The molecule has 0 spiro atoms. The van der Waals surface area contributed by atoms with Gasteiger partial charge in [0.05, 0.1) is 11.4 Å². The van der Waals surface area contributed by atoms with Gasteiger partial charge in [0, 0.05) is 12.1 Å². The molecule has 6 nitrogen and oxygen atoms in total. The Hall–Kier alpha value is -3.29. The third-order valence-corrected chi connectivity index (χ3v) is 4.02. The lowest BCUT2D eigenvalue weighted by molar-refractivity contribution is -0.0504. The highest BCUT2D eigenvalue weighted by molar-refractivity contribution is 5.93. The van der Waals surface area contributed by atoms with Gasteiger partial charge in [0.15, 0.2) is 5.69 Å². The van der Waals surface area contributed by atoms with E-state index in [1.807, 2.05) is 31.2 Å². The van der Waals surface area contributed by atoms with Gasteiger partial charge >= 0.3 is 6.61 Å². The van der Waals surface area contributed by atoms with Crippen LogP contribution in [0.3, 0.4) is 0 Å². The molecule has 1 aromatic heterocycles. The first-order chi connectivity index (χ1) is 13.0. The van der Waals surface area contributed by atoms with Gasteiger partial charge in [0.2, 0.25) is 0 Å². The Labute approximate surface area is 154 Å². The number of alkyl halides is 2. The van der Waals surface area contributed by atoms with Crippen molar-refractivity contribution in [1.82, 2.24) is 20.3 Å². The van der Waals surface area contributed by atoms with Crippen LogP contribution in [-0.4, -0.2) is 27.5 Å². The highest BCUT2D eigenvalue weighted by Crippen LogP contribution is 2.20. The summed E-state index contributed by atoms with van der Waals surface area (Å²) in [6.07, 6.45) is 0. The molecule has 0 atom stereocenters. The predicted molar refractivity (Wildman–Crippen MR) is 95.1 cm³/mol. The Kier molecular flexibility index (Phi) is 5.44. The van der Waals surface area contributed by atoms with Crippen LogP contribution >= 0.6 is 0 Å². The first-order valence-electron chi connectivity index (χ1n) is 8.26. The van der Waals surface area contributed by atoms with Gasteiger partial charge in [-0.05, 0) is 32.0 Å². The highest BCUT2D eigenvalue weighted by Gasteiger charge is 2.18. The zero-order chi connectivity index (χ0) is 19.4. The normalized spacial score (nSPS) is 10.9. The molecular formula is C19H18F2N4O2. The van der Waals surface area contributed by atoms with Crippen molar-refractivity contribution in [2.45, 2.75) is 27.0 Å². The molecule has 0 aliphatic heterocycles. The van der Waals surface area contributed by atoms with Gasteiger partial charge in [-0.15, -0.1) is 5.10 Å². The second-order valence-corrected chi connectivity index (χ2v) is 5.94. The number of aromatic nitrogens is 3. The minimum atomic E-state index is -2.93. The van der Waals surface area contributed by atoms with Gasteiger partial charge < -0.3 is 10.1 Å². The van der Waals surface area contributed by atoms with Gasteiger partial charge in [0.1, 0.15) is 5.75 Å². The summed E-state index contributed by atoms with van der Waals surface area (Å²) in [6, 6.07) is 13.9. The lowest BCUT2D eigenvalue weighted by atomic mass is 10.2. The lowest BCUT2D eigenvalue weighted by Gasteiger charge is -2.11. The molecule has 1 N–H and O–H groups in total. The number of hydrogen-bond donors (Lipinski definition) is 1. The summed E-state index contributed by atoms with van der Waals surface area (Å²) in [7, 11) is 0. The van der Waals surface area contributed by atoms with Crippen LogP contribution in [0.5, 0.6) is 5.75 Å². The van der Waals surface area contributed by atoms with E-state index in [0.29, 0.717) is 11.3 Å². The maximum absolute atomic E-state index is 12.5. The standard InChI is InChI=1S/C19H18F2N4O2/c1-12-7-9-15(10-8-12)25-13(2)17(23-24-25)18(26)22-11-14-5-3-4-6-16(14)27-19(20)21/h3-10,19H,11H2,1-2H3,(H,22,26). The maximum atomic E-state index is 12.5. The molecule has 0 bridgehead atoms. The van der Waals surface area contributed by atoms with Crippen molar-refractivity contribution in [2.75, 3.05) is 0 Å². The van der Waals surface area contributed by atoms with Crippen molar-refractivity contribution < 1.29 is 18.3 Å². The van der Waals surface area contributed by atoms with E-state index in [1.165, 1.54) is 6.07 Å². The van der Waals surface area contributed by atoms with Crippen LogP contribution in [0.2, 0.25) is 0 Å². The molecule has 1 amide bonds. The molecule has 0 unspecified atom stereocenters. The number of hydrogen-bond acceptors (Lipinski definition) is 4. The van der Waals surface area contributed by atoms with Gasteiger partial charge in [-0.1, -0.05) is 41.1 Å². The highest BCUT2D eigenvalue weighted by atomic mass is 19.3. The van der Waals surface area contributed by atoms with Crippen molar-refractivity contribution >= 4 is 5.91 Å². The fourth-order valence-electron chi connectivity index (χ4n) is 2.59. The summed E-state index contributed by atoms with van der Waals surface area (Å²) >= 11 is 0. The number of aryl methyl sites for hydroxylation is 1. The first-order valence-corrected chi connectivity index (χ1v) is 8.26. The number of ether oxygens (including phenoxy) is 1. The van der Waals surface area contributed by atoms with Crippen LogP contribution in [0, 0.1) is 13.8 Å². The van der Waals surface area contributed by atoms with Crippen molar-refractivity contribution in [3.05, 3.63) is 71.0 Å². The molecule has 140 valence electrons. The number of carbonyl (C=O) groups is 1. The first kappa shape index (κ1) is 18.5. The van der Waals surface area contributed by atoms with E-state index in [9.17, 15) is 13.6 Å². The second-order valence-electron chi connectivity index (χ2n) is 5.94. The quantitative estimate of drug-likeness (QED) is 0.720. The van der Waals surface area contributed by atoms with Crippen LogP contribution in [-0.2, 0) is 6.54 Å². The van der Waals surface area contributed by atoms with Crippen LogP contribution in [0.15, 0.2) is 48.5 Å². The molecule has 0 aliphatic rings. The molecule has 3 rings (SSSR count). The number of rotatable bonds is 6. The molecule has 1 heterocycles. The fraction of sp³-hybridized carbons (Fsp3) is 0.211. The molecule has 27 heavy (non-hydrogen) atoms. The number of amides is 1. The zero-order valence-electron chi connectivity index (χ0n) is 14.8. The molecule has 0 saturated heterocycles. The predicted octanol–water partition coefficient (Wildman–Crippen LogP) is 3.42. The van der Waals surface area contributed by atoms with Crippen molar-refractivity contribution in [2.24, 2.45) is 0 Å². The van der Waals surface area contributed by atoms with Gasteiger partial charge in [-0.25, -0.2) is 4.68 Å². The summed E-state index contributed by atoms with van der Waals surface area (Å²) in [5.74, 6) is -0.425. The number of halogens is 2. The topological polar surface area (TPSA) is 69.0 Å². The number of nitrogens with zero attached hydrogens (tertiary/aromatic N) is 3. The van der Waals surface area contributed by atoms with E-state index < -0.39 is 12.5 Å². The van der Waals surface area contributed by atoms with Gasteiger partial charge in [0.25, 0.3) is 5.91 Å². The molecule has 8 heteroatoms. The van der Waals surface area contributed by atoms with Gasteiger partial charge in [-0.3, -0.25) is 4.79 Å². The van der Waals surface area contributed by atoms with Gasteiger partial charge in [-0.2, -0.15) is 8.78 Å². The molecular weight excluding hydrogens is 354 g/mol. The molecule has 0 aliphatic carbocycles. The lowest BCUT2D eigenvalue weighted by Crippen LogP contribution is -2.24. The molecule has 0 saturated carbocycles. The van der Waals surface area contributed by atoms with Crippen molar-refractivity contribution in [1.29, 1.82) is 0 Å². The third kappa shape index (κ3) is 4.28. The van der Waals surface area contributed by atoms with E-state index in [0.717, 1.165) is 11.3 Å². The number of benzene rings is 2. The number of nitrogens with one attached hydrogen (secondary N) is 1. The maximum Gasteiger partial charge on any atom is 0.387 e. The monoisotopic (exact) mass is 372 g/mol. The van der Waals surface area contributed by atoms with E-state index in [1.54, 1.807) is 29.8 Å². The average Bonchev–Trinajstić information content (AvgIpc) is 3.02. The molecule has 2 aromatic carbocycles. The Bertz CT molecular complexity index is 939. The van der Waals surface area contributed by atoms with Crippen LogP contribution in [0.25, 0.3) is 5.69 Å².